The summed E-state index contributed by atoms with van der Waals surface area (Å²) in [6, 6.07) is 4.96. The molecule has 0 aliphatic carbocycles. The number of nitrogens with zero attached hydrogens (tertiary/aromatic N) is 1. The Labute approximate surface area is 52.5 Å². The number of hydrogen-bond acceptors (Lipinski definition) is 2. The third-order valence-corrected chi connectivity index (χ3v) is 0.970. The van der Waals surface area contributed by atoms with Gasteiger partial charge in [-0.05, 0) is 12.1 Å². The molecule has 1 rings (SSSR count). The van der Waals surface area contributed by atoms with Crippen molar-refractivity contribution in [3.63, 3.8) is 0 Å². The van der Waals surface area contributed by atoms with Crippen LogP contribution in [0.2, 0.25) is 0 Å². The number of pyridine rings is 1. The van der Waals surface area contributed by atoms with Crippen LogP contribution in [-0.2, 0) is 0 Å². The molecule has 0 aromatic carbocycles. The number of aromatic nitrogens is 1. The zero-order chi connectivity index (χ0) is 6.69. The van der Waals surface area contributed by atoms with Gasteiger partial charge in [-0.3, -0.25) is 10.7 Å². The van der Waals surface area contributed by atoms with Gasteiger partial charge in [0.15, 0.2) is 6.30 Å². The SMILES string of the molecule is NC(F)c1ccccn1. The largest absolute Gasteiger partial charge is 0.297 e. The molecule has 0 amide bonds. The average molecular weight is 126 g/mol. The fourth-order valence-electron chi connectivity index (χ4n) is 0.539. The summed E-state index contributed by atoms with van der Waals surface area (Å²) in [6.45, 7) is 0. The molecule has 1 atom stereocenters. The summed E-state index contributed by atoms with van der Waals surface area (Å²) < 4.78 is 12.1. The van der Waals surface area contributed by atoms with Gasteiger partial charge >= 0.3 is 0 Å². The minimum atomic E-state index is -1.45. The fraction of sp³-hybridized carbons (Fsp3) is 0.167. The second kappa shape index (κ2) is 2.55. The number of nitrogens with two attached hydrogens (primary N) is 1. The van der Waals surface area contributed by atoms with Crippen LogP contribution in [0.4, 0.5) is 4.39 Å². The van der Waals surface area contributed by atoms with Crippen LogP contribution in [0.1, 0.15) is 12.0 Å². The number of rotatable bonds is 1. The highest BCUT2D eigenvalue weighted by atomic mass is 19.1. The average Bonchev–Trinajstić information content (AvgIpc) is 1.90. The lowest BCUT2D eigenvalue weighted by Gasteiger charge is -1.97. The molecule has 1 aromatic heterocycles. The number of alkyl halides is 1. The van der Waals surface area contributed by atoms with E-state index >= 15 is 0 Å². The highest BCUT2D eigenvalue weighted by Gasteiger charge is 2.00. The molecule has 0 radical (unpaired) electrons. The Kier molecular flexibility index (Phi) is 1.75. The van der Waals surface area contributed by atoms with Crippen molar-refractivity contribution < 1.29 is 4.39 Å². The zero-order valence-electron chi connectivity index (χ0n) is 4.79. The molecular weight excluding hydrogens is 119 g/mol. The molecule has 9 heavy (non-hydrogen) atoms. The monoisotopic (exact) mass is 126 g/mol. The molecule has 0 saturated heterocycles. The molecule has 1 unspecified atom stereocenters. The van der Waals surface area contributed by atoms with Crippen molar-refractivity contribution in [3.05, 3.63) is 30.1 Å². The Morgan fingerprint density at radius 3 is 2.67 bits per heavy atom. The fourth-order valence-corrected chi connectivity index (χ4v) is 0.539. The van der Waals surface area contributed by atoms with Crippen LogP contribution in [0.5, 0.6) is 0 Å². The Morgan fingerprint density at radius 2 is 2.33 bits per heavy atom. The van der Waals surface area contributed by atoms with Gasteiger partial charge in [-0.25, -0.2) is 4.39 Å². The van der Waals surface area contributed by atoms with E-state index in [0.29, 0.717) is 0 Å². The smallest absolute Gasteiger partial charge is 0.191 e. The van der Waals surface area contributed by atoms with E-state index in [4.69, 9.17) is 5.73 Å². The van der Waals surface area contributed by atoms with E-state index in [1.165, 1.54) is 6.20 Å². The number of halogens is 1. The van der Waals surface area contributed by atoms with Crippen LogP contribution in [0, 0.1) is 0 Å². The molecule has 0 aliphatic rings. The van der Waals surface area contributed by atoms with E-state index in [0.717, 1.165) is 0 Å². The molecule has 0 bridgehead atoms. The Bertz CT molecular complexity index is 174. The van der Waals surface area contributed by atoms with E-state index in [9.17, 15) is 4.39 Å². The summed E-state index contributed by atoms with van der Waals surface area (Å²) in [7, 11) is 0. The summed E-state index contributed by atoms with van der Waals surface area (Å²) in [6.07, 6.45) is 0.0561. The second-order valence-corrected chi connectivity index (χ2v) is 1.66. The molecule has 1 heterocycles. The summed E-state index contributed by atoms with van der Waals surface area (Å²) >= 11 is 0. The molecule has 0 spiro atoms. The van der Waals surface area contributed by atoms with Gasteiger partial charge in [0.2, 0.25) is 0 Å². The van der Waals surface area contributed by atoms with Gasteiger partial charge in [-0.15, -0.1) is 0 Å². The maximum Gasteiger partial charge on any atom is 0.191 e. The molecule has 0 aliphatic heterocycles. The standard InChI is InChI=1S/C6H7FN2/c7-6(8)5-3-1-2-4-9-5/h1-4,6H,8H2. The first-order chi connectivity index (χ1) is 4.30. The van der Waals surface area contributed by atoms with Crippen LogP contribution < -0.4 is 5.73 Å². The van der Waals surface area contributed by atoms with Gasteiger partial charge in [0.25, 0.3) is 0 Å². The highest BCUT2D eigenvalue weighted by molar-refractivity contribution is 5.04. The third kappa shape index (κ3) is 1.47. The van der Waals surface area contributed by atoms with Crippen molar-refractivity contribution >= 4 is 0 Å². The first-order valence-electron chi connectivity index (χ1n) is 2.61. The maximum absolute atomic E-state index is 12.1. The van der Waals surface area contributed by atoms with Crippen LogP contribution in [0.25, 0.3) is 0 Å². The van der Waals surface area contributed by atoms with E-state index < -0.39 is 6.30 Å². The lowest BCUT2D eigenvalue weighted by Crippen LogP contribution is -2.04. The normalized spacial score (nSPS) is 13.1. The van der Waals surface area contributed by atoms with Gasteiger partial charge in [-0.1, -0.05) is 6.07 Å². The molecule has 1 aromatic rings. The molecule has 0 saturated carbocycles. The quantitative estimate of drug-likeness (QED) is 0.570. The van der Waals surface area contributed by atoms with Crippen molar-refractivity contribution in [3.8, 4) is 0 Å². The lowest BCUT2D eigenvalue weighted by molar-refractivity contribution is 0.347. The second-order valence-electron chi connectivity index (χ2n) is 1.66. The maximum atomic E-state index is 12.1. The van der Waals surface area contributed by atoms with Crippen LogP contribution in [-0.4, -0.2) is 4.98 Å². The predicted octanol–water partition coefficient (Wildman–Crippen LogP) is 1.01. The third-order valence-electron chi connectivity index (χ3n) is 0.970. The topological polar surface area (TPSA) is 38.9 Å². The predicted molar refractivity (Wildman–Crippen MR) is 32.3 cm³/mol. The highest BCUT2D eigenvalue weighted by Crippen LogP contribution is 2.04. The number of hydrogen-bond donors (Lipinski definition) is 1. The van der Waals surface area contributed by atoms with Gasteiger partial charge in [0.1, 0.15) is 0 Å². The van der Waals surface area contributed by atoms with Crippen molar-refractivity contribution in [2.24, 2.45) is 5.73 Å². The van der Waals surface area contributed by atoms with Gasteiger partial charge in [0.05, 0.1) is 5.69 Å². The van der Waals surface area contributed by atoms with Crippen LogP contribution in [0.3, 0.4) is 0 Å². The molecule has 48 valence electrons. The summed E-state index contributed by atoms with van der Waals surface area (Å²) in [5.74, 6) is 0. The summed E-state index contributed by atoms with van der Waals surface area (Å²) in [4.78, 5) is 3.68. The van der Waals surface area contributed by atoms with Crippen molar-refractivity contribution in [1.29, 1.82) is 0 Å². The minimum absolute atomic E-state index is 0.275. The minimum Gasteiger partial charge on any atom is -0.297 e. The van der Waals surface area contributed by atoms with Crippen molar-refractivity contribution in [2.45, 2.75) is 6.30 Å². The van der Waals surface area contributed by atoms with E-state index in [2.05, 4.69) is 4.98 Å². The Morgan fingerprint density at radius 1 is 1.56 bits per heavy atom. The van der Waals surface area contributed by atoms with Gasteiger partial charge in [0, 0.05) is 6.20 Å². The van der Waals surface area contributed by atoms with Crippen molar-refractivity contribution in [1.82, 2.24) is 4.98 Å². The van der Waals surface area contributed by atoms with Crippen LogP contribution >= 0.6 is 0 Å². The van der Waals surface area contributed by atoms with Crippen molar-refractivity contribution in [2.75, 3.05) is 0 Å². The van der Waals surface area contributed by atoms with E-state index in [1.54, 1.807) is 18.2 Å². The Balaban J connectivity index is 2.85. The Hall–Kier alpha value is -0.960. The molecule has 2 N–H and O–H groups in total. The summed E-state index contributed by atoms with van der Waals surface area (Å²) in [5.41, 5.74) is 5.16. The van der Waals surface area contributed by atoms with Gasteiger partial charge < -0.3 is 0 Å². The molecule has 2 nitrogen and oxygen atoms in total. The first-order valence-corrected chi connectivity index (χ1v) is 2.61. The molecule has 3 heteroatoms. The van der Waals surface area contributed by atoms with Crippen LogP contribution in [0.15, 0.2) is 24.4 Å². The molecular formula is C6H7FN2. The lowest BCUT2D eigenvalue weighted by atomic mass is 10.3. The van der Waals surface area contributed by atoms with Gasteiger partial charge in [-0.2, -0.15) is 0 Å². The zero-order valence-corrected chi connectivity index (χ0v) is 4.79. The molecule has 0 fully saturated rings. The van der Waals surface area contributed by atoms with E-state index in [-0.39, 0.29) is 5.69 Å². The first kappa shape index (κ1) is 6.16. The van der Waals surface area contributed by atoms with E-state index in [1.807, 2.05) is 0 Å². The summed E-state index contributed by atoms with van der Waals surface area (Å²) in [5, 5.41) is 0.